The number of benzene rings is 2. The Morgan fingerprint density at radius 3 is 2.61 bits per heavy atom. The molecular formula is C13H7BrF2N2. The smallest absolute Gasteiger partial charge is 0.142 e. The lowest BCUT2D eigenvalue weighted by Gasteiger charge is -2.02. The third kappa shape index (κ3) is 1.80. The molecule has 5 heteroatoms. The van der Waals surface area contributed by atoms with Gasteiger partial charge in [0.2, 0.25) is 0 Å². The number of aromatic nitrogens is 2. The van der Waals surface area contributed by atoms with E-state index in [2.05, 4.69) is 25.9 Å². The summed E-state index contributed by atoms with van der Waals surface area (Å²) < 4.78 is 27.2. The molecule has 0 amide bonds. The number of hydrogen-bond donors (Lipinski definition) is 1. The number of nitrogens with zero attached hydrogens (tertiary/aromatic N) is 1. The highest BCUT2D eigenvalue weighted by molar-refractivity contribution is 9.10. The Morgan fingerprint density at radius 1 is 1.11 bits per heavy atom. The number of aromatic amines is 1. The number of fused-ring (bicyclic) bond motifs is 1. The Labute approximate surface area is 110 Å². The van der Waals surface area contributed by atoms with Gasteiger partial charge in [-0.25, -0.2) is 13.8 Å². The number of rotatable bonds is 1. The van der Waals surface area contributed by atoms with Crippen LogP contribution >= 0.6 is 15.9 Å². The predicted molar refractivity (Wildman–Crippen MR) is 69.1 cm³/mol. The van der Waals surface area contributed by atoms with E-state index in [0.717, 1.165) is 17.1 Å². The van der Waals surface area contributed by atoms with Crippen molar-refractivity contribution in [1.82, 2.24) is 9.97 Å². The molecule has 0 aliphatic carbocycles. The molecule has 0 bridgehead atoms. The minimum absolute atomic E-state index is 0.229. The zero-order chi connectivity index (χ0) is 12.7. The van der Waals surface area contributed by atoms with Gasteiger partial charge in [0.1, 0.15) is 17.5 Å². The quantitative estimate of drug-likeness (QED) is 0.714. The van der Waals surface area contributed by atoms with Gasteiger partial charge in [-0.05, 0) is 34.1 Å². The number of para-hydroxylation sites is 2. The molecule has 1 aromatic heterocycles. The molecule has 2 aromatic carbocycles. The molecule has 0 atom stereocenters. The Hall–Kier alpha value is -1.75. The fraction of sp³-hybridized carbons (Fsp3) is 0. The minimum atomic E-state index is -0.652. The van der Waals surface area contributed by atoms with Gasteiger partial charge in [0.15, 0.2) is 0 Å². The summed E-state index contributed by atoms with van der Waals surface area (Å²) in [6.45, 7) is 0. The van der Waals surface area contributed by atoms with Gasteiger partial charge in [-0.1, -0.05) is 12.1 Å². The van der Waals surface area contributed by atoms with Crippen LogP contribution in [0.2, 0.25) is 0 Å². The fourth-order valence-electron chi connectivity index (χ4n) is 1.84. The van der Waals surface area contributed by atoms with Crippen LogP contribution in [-0.4, -0.2) is 9.97 Å². The van der Waals surface area contributed by atoms with E-state index in [9.17, 15) is 8.78 Å². The van der Waals surface area contributed by atoms with Crippen LogP contribution in [0, 0.1) is 11.6 Å². The van der Waals surface area contributed by atoms with Crippen LogP contribution < -0.4 is 0 Å². The normalized spacial score (nSPS) is 11.1. The summed E-state index contributed by atoms with van der Waals surface area (Å²) in [5.74, 6) is -0.902. The summed E-state index contributed by atoms with van der Waals surface area (Å²) in [4.78, 5) is 7.30. The van der Waals surface area contributed by atoms with Crippen molar-refractivity contribution in [2.75, 3.05) is 0 Å². The molecular weight excluding hydrogens is 302 g/mol. The molecule has 0 unspecified atom stereocenters. The number of halogens is 3. The van der Waals surface area contributed by atoms with Crippen LogP contribution in [0.3, 0.4) is 0 Å². The van der Waals surface area contributed by atoms with Crippen molar-refractivity contribution in [1.29, 1.82) is 0 Å². The molecule has 0 aliphatic rings. The second-order valence-electron chi connectivity index (χ2n) is 3.85. The molecule has 2 nitrogen and oxygen atoms in total. The zero-order valence-corrected chi connectivity index (χ0v) is 10.6. The van der Waals surface area contributed by atoms with Crippen LogP contribution in [0.5, 0.6) is 0 Å². The van der Waals surface area contributed by atoms with Crippen LogP contribution in [0.25, 0.3) is 22.4 Å². The van der Waals surface area contributed by atoms with Gasteiger partial charge in [0.05, 0.1) is 16.6 Å². The fourth-order valence-corrected chi connectivity index (χ4v) is 2.44. The Morgan fingerprint density at radius 2 is 1.89 bits per heavy atom. The standard InChI is InChI=1S/C13H7BrF2N2/c14-8-5-7(15)6-9(16)12(8)13-17-10-3-1-2-4-11(10)18-13/h1-6H,(H,17,18). The molecule has 3 aromatic rings. The topological polar surface area (TPSA) is 28.7 Å². The molecule has 0 aliphatic heterocycles. The van der Waals surface area contributed by atoms with Crippen molar-refractivity contribution in [3.05, 3.63) is 52.5 Å². The molecule has 3 rings (SSSR count). The summed E-state index contributed by atoms with van der Waals surface area (Å²) in [7, 11) is 0. The molecule has 0 fully saturated rings. The molecule has 1 heterocycles. The Kier molecular flexibility index (Phi) is 2.63. The Balaban J connectivity index is 2.26. The van der Waals surface area contributed by atoms with Gasteiger partial charge < -0.3 is 4.98 Å². The molecule has 0 radical (unpaired) electrons. The first kappa shape index (κ1) is 11.3. The first-order valence-electron chi connectivity index (χ1n) is 5.25. The van der Waals surface area contributed by atoms with Gasteiger partial charge in [-0.15, -0.1) is 0 Å². The maximum absolute atomic E-state index is 13.8. The third-order valence-corrected chi connectivity index (χ3v) is 3.26. The van der Waals surface area contributed by atoms with E-state index < -0.39 is 11.6 Å². The lowest BCUT2D eigenvalue weighted by atomic mass is 10.2. The van der Waals surface area contributed by atoms with Crippen molar-refractivity contribution in [2.45, 2.75) is 0 Å². The second-order valence-corrected chi connectivity index (χ2v) is 4.70. The number of nitrogens with one attached hydrogen (secondary N) is 1. The largest absolute Gasteiger partial charge is 0.338 e. The molecule has 90 valence electrons. The van der Waals surface area contributed by atoms with E-state index in [4.69, 9.17) is 0 Å². The summed E-state index contributed by atoms with van der Waals surface area (Å²) in [5.41, 5.74) is 1.78. The summed E-state index contributed by atoms with van der Waals surface area (Å²) in [5, 5.41) is 0. The molecule has 0 spiro atoms. The maximum atomic E-state index is 13.8. The lowest BCUT2D eigenvalue weighted by molar-refractivity contribution is 0.583. The van der Waals surface area contributed by atoms with Gasteiger partial charge in [-0.2, -0.15) is 0 Å². The highest BCUT2D eigenvalue weighted by Gasteiger charge is 2.15. The van der Waals surface area contributed by atoms with E-state index >= 15 is 0 Å². The van der Waals surface area contributed by atoms with Gasteiger partial charge in [0, 0.05) is 10.5 Å². The Bertz CT molecular complexity index is 681. The van der Waals surface area contributed by atoms with Gasteiger partial charge >= 0.3 is 0 Å². The van der Waals surface area contributed by atoms with E-state index in [1.165, 1.54) is 6.07 Å². The first-order valence-corrected chi connectivity index (χ1v) is 6.04. The summed E-state index contributed by atoms with van der Waals surface area (Å²) >= 11 is 3.15. The summed E-state index contributed by atoms with van der Waals surface area (Å²) in [6.07, 6.45) is 0. The van der Waals surface area contributed by atoms with Crippen molar-refractivity contribution in [3.8, 4) is 11.4 Å². The minimum Gasteiger partial charge on any atom is -0.338 e. The van der Waals surface area contributed by atoms with E-state index in [1.807, 2.05) is 24.3 Å². The molecule has 0 saturated heterocycles. The number of hydrogen-bond acceptors (Lipinski definition) is 1. The van der Waals surface area contributed by atoms with Crippen LogP contribution in [0.4, 0.5) is 8.78 Å². The zero-order valence-electron chi connectivity index (χ0n) is 9.05. The number of imidazole rings is 1. The molecule has 1 N–H and O–H groups in total. The van der Waals surface area contributed by atoms with E-state index in [1.54, 1.807) is 0 Å². The highest BCUT2D eigenvalue weighted by Crippen LogP contribution is 2.31. The third-order valence-electron chi connectivity index (χ3n) is 2.63. The average Bonchev–Trinajstić information content (AvgIpc) is 2.70. The summed E-state index contributed by atoms with van der Waals surface area (Å²) in [6, 6.07) is 9.44. The maximum Gasteiger partial charge on any atom is 0.142 e. The molecule has 0 saturated carbocycles. The van der Waals surface area contributed by atoms with Crippen molar-refractivity contribution in [2.24, 2.45) is 0 Å². The highest BCUT2D eigenvalue weighted by atomic mass is 79.9. The van der Waals surface area contributed by atoms with Crippen molar-refractivity contribution >= 4 is 27.0 Å². The first-order chi connectivity index (χ1) is 8.65. The van der Waals surface area contributed by atoms with E-state index in [-0.39, 0.29) is 5.56 Å². The van der Waals surface area contributed by atoms with Crippen LogP contribution in [0.15, 0.2) is 40.9 Å². The van der Waals surface area contributed by atoms with Crippen molar-refractivity contribution < 1.29 is 8.78 Å². The predicted octanol–water partition coefficient (Wildman–Crippen LogP) is 4.27. The lowest BCUT2D eigenvalue weighted by Crippen LogP contribution is -1.90. The van der Waals surface area contributed by atoms with Gasteiger partial charge in [-0.3, -0.25) is 0 Å². The van der Waals surface area contributed by atoms with E-state index in [0.29, 0.717) is 10.3 Å². The average molecular weight is 309 g/mol. The molecule has 18 heavy (non-hydrogen) atoms. The van der Waals surface area contributed by atoms with Crippen LogP contribution in [-0.2, 0) is 0 Å². The second kappa shape index (κ2) is 4.17. The van der Waals surface area contributed by atoms with Crippen molar-refractivity contribution in [3.63, 3.8) is 0 Å². The van der Waals surface area contributed by atoms with Gasteiger partial charge in [0.25, 0.3) is 0 Å². The number of H-pyrrole nitrogens is 1. The monoisotopic (exact) mass is 308 g/mol. The van der Waals surface area contributed by atoms with Crippen LogP contribution in [0.1, 0.15) is 0 Å². The SMILES string of the molecule is Fc1cc(F)c(-c2nc3ccccc3[nH]2)c(Br)c1.